The number of carboxylic acids is 1. The van der Waals surface area contributed by atoms with Crippen LogP contribution in [0.15, 0.2) is 57.0 Å². The predicted molar refractivity (Wildman–Crippen MR) is 136 cm³/mol. The van der Waals surface area contributed by atoms with Crippen molar-refractivity contribution in [1.29, 1.82) is 0 Å². The maximum atomic E-state index is 13.4. The molecule has 1 aliphatic rings. The SMILES string of the molecule is Cc1cc(/N=c2\[nH]c(=O)n(C[C@H](C)C(=O)O)c(=O)n2Cc2ccc(Cl)cc2)ccc1N1CCOCC1. The summed E-state index contributed by atoms with van der Waals surface area (Å²) in [5.74, 6) is -2.03. The second-order valence-electron chi connectivity index (χ2n) is 8.78. The zero-order valence-corrected chi connectivity index (χ0v) is 20.9. The molecule has 2 heterocycles. The van der Waals surface area contributed by atoms with Crippen LogP contribution in [0.2, 0.25) is 5.02 Å². The minimum atomic E-state index is -1.10. The molecule has 2 aromatic carbocycles. The van der Waals surface area contributed by atoms with E-state index in [-0.39, 0.29) is 18.7 Å². The molecule has 1 aliphatic heterocycles. The number of nitrogens with zero attached hydrogens (tertiary/aromatic N) is 4. The number of H-pyrrole nitrogens is 1. The molecule has 4 rings (SSSR count). The van der Waals surface area contributed by atoms with Crippen LogP contribution in [0.25, 0.3) is 0 Å². The number of rotatable bonds is 7. The molecule has 190 valence electrons. The van der Waals surface area contributed by atoms with Gasteiger partial charge < -0.3 is 14.7 Å². The van der Waals surface area contributed by atoms with Crippen LogP contribution in [0.5, 0.6) is 0 Å². The summed E-state index contributed by atoms with van der Waals surface area (Å²) in [6.07, 6.45) is 0. The zero-order chi connectivity index (χ0) is 25.8. The van der Waals surface area contributed by atoms with Gasteiger partial charge in [-0.3, -0.25) is 14.3 Å². The number of aromatic nitrogens is 3. The minimum absolute atomic E-state index is 0.0673. The Labute approximate surface area is 212 Å². The van der Waals surface area contributed by atoms with E-state index in [4.69, 9.17) is 16.3 Å². The fourth-order valence-corrected chi connectivity index (χ4v) is 4.19. The molecule has 1 aromatic heterocycles. The summed E-state index contributed by atoms with van der Waals surface area (Å²) in [4.78, 5) is 47.0. The topological polar surface area (TPSA) is 122 Å². The molecule has 10 nitrogen and oxygen atoms in total. The third-order valence-electron chi connectivity index (χ3n) is 6.08. The first-order valence-electron chi connectivity index (χ1n) is 11.6. The van der Waals surface area contributed by atoms with Crippen molar-refractivity contribution in [3.63, 3.8) is 0 Å². The highest BCUT2D eigenvalue weighted by Crippen LogP contribution is 2.25. The van der Waals surface area contributed by atoms with Crippen LogP contribution in [0.3, 0.4) is 0 Å². The van der Waals surface area contributed by atoms with E-state index < -0.39 is 23.3 Å². The number of benzene rings is 2. The number of carboxylic acid groups (broad SMARTS) is 1. The summed E-state index contributed by atoms with van der Waals surface area (Å²) in [5.41, 5.74) is 2.12. The molecule has 1 fully saturated rings. The van der Waals surface area contributed by atoms with Gasteiger partial charge in [0.1, 0.15) is 0 Å². The summed E-state index contributed by atoms with van der Waals surface area (Å²) in [7, 11) is 0. The number of aryl methyl sites for hydroxylation is 1. The van der Waals surface area contributed by atoms with Gasteiger partial charge in [-0.15, -0.1) is 0 Å². The van der Waals surface area contributed by atoms with Gasteiger partial charge in [0, 0.05) is 30.3 Å². The van der Waals surface area contributed by atoms with E-state index in [1.165, 1.54) is 11.5 Å². The predicted octanol–water partition coefficient (Wildman–Crippen LogP) is 2.14. The van der Waals surface area contributed by atoms with Crippen molar-refractivity contribution in [3.05, 3.63) is 85.2 Å². The van der Waals surface area contributed by atoms with Gasteiger partial charge in [-0.2, -0.15) is 0 Å². The molecule has 0 unspecified atom stereocenters. The number of carbonyl (C=O) groups is 1. The monoisotopic (exact) mass is 513 g/mol. The number of aromatic amines is 1. The molecule has 1 saturated heterocycles. The second-order valence-corrected chi connectivity index (χ2v) is 9.22. The lowest BCUT2D eigenvalue weighted by atomic mass is 10.1. The van der Waals surface area contributed by atoms with Gasteiger partial charge in [0.2, 0.25) is 5.62 Å². The van der Waals surface area contributed by atoms with E-state index in [0.717, 1.165) is 34.5 Å². The second kappa shape index (κ2) is 11.0. The van der Waals surface area contributed by atoms with Gasteiger partial charge in [-0.25, -0.2) is 19.1 Å². The Morgan fingerprint density at radius 1 is 1.14 bits per heavy atom. The van der Waals surface area contributed by atoms with Crippen molar-refractivity contribution < 1.29 is 14.6 Å². The Kier molecular flexibility index (Phi) is 7.76. The van der Waals surface area contributed by atoms with Crippen LogP contribution >= 0.6 is 11.6 Å². The summed E-state index contributed by atoms with van der Waals surface area (Å²) >= 11 is 6.00. The Balaban J connectivity index is 1.80. The summed E-state index contributed by atoms with van der Waals surface area (Å²) in [5, 5.41) is 9.83. The van der Waals surface area contributed by atoms with Crippen LogP contribution in [0.1, 0.15) is 18.1 Å². The van der Waals surface area contributed by atoms with Crippen molar-refractivity contribution >= 4 is 28.9 Å². The zero-order valence-electron chi connectivity index (χ0n) is 20.1. The van der Waals surface area contributed by atoms with Gasteiger partial charge >= 0.3 is 17.3 Å². The molecule has 0 bridgehead atoms. The number of ether oxygens (including phenoxy) is 1. The third kappa shape index (κ3) is 5.77. The highest BCUT2D eigenvalue weighted by Gasteiger charge is 2.17. The van der Waals surface area contributed by atoms with E-state index in [2.05, 4.69) is 14.9 Å². The van der Waals surface area contributed by atoms with Crippen molar-refractivity contribution in [2.75, 3.05) is 31.2 Å². The van der Waals surface area contributed by atoms with E-state index in [1.807, 2.05) is 25.1 Å². The van der Waals surface area contributed by atoms with Crippen molar-refractivity contribution in [3.8, 4) is 0 Å². The number of hydrogen-bond acceptors (Lipinski definition) is 6. The van der Waals surface area contributed by atoms with Crippen LogP contribution in [-0.4, -0.2) is 51.5 Å². The lowest BCUT2D eigenvalue weighted by Crippen LogP contribution is -2.51. The van der Waals surface area contributed by atoms with E-state index in [0.29, 0.717) is 23.9 Å². The summed E-state index contributed by atoms with van der Waals surface area (Å²) in [6.45, 7) is 6.23. The van der Waals surface area contributed by atoms with Gasteiger partial charge in [0.05, 0.1) is 31.4 Å². The lowest BCUT2D eigenvalue weighted by molar-refractivity contribution is -0.141. The number of anilines is 1. The molecule has 2 N–H and O–H groups in total. The largest absolute Gasteiger partial charge is 0.481 e. The van der Waals surface area contributed by atoms with Gasteiger partial charge in [0.15, 0.2) is 0 Å². The molecule has 0 spiro atoms. The molecule has 0 amide bonds. The van der Waals surface area contributed by atoms with Crippen molar-refractivity contribution in [1.82, 2.24) is 14.1 Å². The Morgan fingerprint density at radius 3 is 2.47 bits per heavy atom. The van der Waals surface area contributed by atoms with Crippen molar-refractivity contribution in [2.45, 2.75) is 26.9 Å². The van der Waals surface area contributed by atoms with Crippen LogP contribution in [0, 0.1) is 12.8 Å². The average Bonchev–Trinajstić information content (AvgIpc) is 2.85. The lowest BCUT2D eigenvalue weighted by Gasteiger charge is -2.30. The maximum Gasteiger partial charge on any atom is 0.335 e. The fourth-order valence-electron chi connectivity index (χ4n) is 4.06. The molecule has 0 saturated carbocycles. The van der Waals surface area contributed by atoms with Gasteiger partial charge in [0.25, 0.3) is 0 Å². The normalized spacial score (nSPS) is 15.2. The highest BCUT2D eigenvalue weighted by atomic mass is 35.5. The number of aliphatic carboxylic acids is 1. The molecule has 0 radical (unpaired) electrons. The number of halogens is 1. The quantitative estimate of drug-likeness (QED) is 0.499. The van der Waals surface area contributed by atoms with Crippen LogP contribution < -0.4 is 21.9 Å². The van der Waals surface area contributed by atoms with Gasteiger partial charge in [-0.05, 0) is 48.4 Å². The van der Waals surface area contributed by atoms with E-state index in [1.54, 1.807) is 24.3 Å². The first kappa shape index (κ1) is 25.5. The standard InChI is InChI=1S/C25H28ClN5O5/c1-16-13-20(7-8-21(16)29-9-11-36-12-10-29)27-23-28-24(34)31(14-17(2)22(32)33)25(35)30(23)15-18-3-5-19(26)6-4-18/h3-8,13,17H,9-12,14-15H2,1-2H3,(H,32,33)(H,27,28,34)/t17-/m0/s1. The maximum absolute atomic E-state index is 13.4. The molecule has 11 heteroatoms. The Bertz CT molecular complexity index is 1430. The summed E-state index contributed by atoms with van der Waals surface area (Å²) < 4.78 is 7.65. The smallest absolute Gasteiger partial charge is 0.335 e. The first-order chi connectivity index (χ1) is 17.2. The molecular weight excluding hydrogens is 486 g/mol. The average molecular weight is 514 g/mol. The third-order valence-corrected chi connectivity index (χ3v) is 6.33. The van der Waals surface area contributed by atoms with E-state index >= 15 is 0 Å². The van der Waals surface area contributed by atoms with Crippen LogP contribution in [-0.2, 0) is 22.6 Å². The molecule has 0 aliphatic carbocycles. The molecule has 1 atom stereocenters. The summed E-state index contributed by atoms with van der Waals surface area (Å²) in [6, 6.07) is 12.7. The van der Waals surface area contributed by atoms with Gasteiger partial charge in [-0.1, -0.05) is 30.7 Å². The number of morpholine rings is 1. The number of nitrogens with one attached hydrogen (secondary N) is 1. The molecular formula is C25H28ClN5O5. The fraction of sp³-hybridized carbons (Fsp3) is 0.360. The Morgan fingerprint density at radius 2 is 1.83 bits per heavy atom. The minimum Gasteiger partial charge on any atom is -0.481 e. The molecule has 36 heavy (non-hydrogen) atoms. The number of hydrogen-bond donors (Lipinski definition) is 2. The van der Waals surface area contributed by atoms with E-state index in [9.17, 15) is 19.5 Å². The van der Waals surface area contributed by atoms with Crippen LogP contribution in [0.4, 0.5) is 11.4 Å². The highest BCUT2D eigenvalue weighted by molar-refractivity contribution is 6.30. The first-order valence-corrected chi connectivity index (χ1v) is 12.0. The molecule has 3 aromatic rings. The Hall–Kier alpha value is -3.63. The van der Waals surface area contributed by atoms with Crippen molar-refractivity contribution in [2.24, 2.45) is 10.9 Å².